The molecule has 1 aliphatic heterocycles. The summed E-state index contributed by atoms with van der Waals surface area (Å²) in [5.74, 6) is 1.16. The quantitative estimate of drug-likeness (QED) is 0.858. The molecule has 4 heteroatoms. The summed E-state index contributed by atoms with van der Waals surface area (Å²) < 4.78 is 0. The molecule has 2 aliphatic rings. The van der Waals surface area contributed by atoms with Gasteiger partial charge in [-0.3, -0.25) is 4.79 Å². The SMILES string of the molecule is NC1CCCC2CN(C(=O)c3cccc(Cl)c3)CC12. The molecule has 3 nitrogen and oxygen atoms in total. The van der Waals surface area contributed by atoms with Gasteiger partial charge in [0.05, 0.1) is 0 Å². The second kappa shape index (κ2) is 5.14. The number of fused-ring (bicyclic) bond motifs is 1. The van der Waals surface area contributed by atoms with Gasteiger partial charge in [0.2, 0.25) is 0 Å². The van der Waals surface area contributed by atoms with Gasteiger partial charge in [0.25, 0.3) is 5.91 Å². The lowest BCUT2D eigenvalue weighted by Gasteiger charge is -2.29. The first-order valence-corrected chi connectivity index (χ1v) is 7.33. The second-order valence-electron chi connectivity index (χ2n) is 5.74. The summed E-state index contributed by atoms with van der Waals surface area (Å²) in [5, 5.41) is 0.610. The van der Waals surface area contributed by atoms with Gasteiger partial charge in [0.1, 0.15) is 0 Å². The zero-order chi connectivity index (χ0) is 13.4. The Labute approximate surface area is 118 Å². The normalized spacial score (nSPS) is 30.2. The lowest BCUT2D eigenvalue weighted by atomic mass is 9.78. The Morgan fingerprint density at radius 1 is 1.32 bits per heavy atom. The Balaban J connectivity index is 1.75. The average molecular weight is 279 g/mol. The minimum Gasteiger partial charge on any atom is -0.338 e. The molecule has 3 rings (SSSR count). The van der Waals surface area contributed by atoms with Crippen molar-refractivity contribution in [3.8, 4) is 0 Å². The Morgan fingerprint density at radius 2 is 2.16 bits per heavy atom. The summed E-state index contributed by atoms with van der Waals surface area (Å²) >= 11 is 5.95. The van der Waals surface area contributed by atoms with E-state index in [1.807, 2.05) is 17.0 Å². The average Bonchev–Trinajstić information content (AvgIpc) is 2.83. The van der Waals surface area contributed by atoms with Crippen LogP contribution in [-0.4, -0.2) is 29.9 Å². The van der Waals surface area contributed by atoms with Crippen molar-refractivity contribution in [2.24, 2.45) is 17.6 Å². The van der Waals surface area contributed by atoms with Gasteiger partial charge < -0.3 is 10.6 Å². The summed E-state index contributed by atoms with van der Waals surface area (Å²) in [6.07, 6.45) is 3.50. The first-order chi connectivity index (χ1) is 9.15. The highest BCUT2D eigenvalue weighted by molar-refractivity contribution is 6.30. The number of nitrogens with two attached hydrogens (primary N) is 1. The Hall–Kier alpha value is -1.06. The van der Waals surface area contributed by atoms with E-state index in [-0.39, 0.29) is 11.9 Å². The van der Waals surface area contributed by atoms with E-state index in [0.717, 1.165) is 19.5 Å². The number of carbonyl (C=O) groups excluding carboxylic acids is 1. The van der Waals surface area contributed by atoms with Crippen molar-refractivity contribution in [3.05, 3.63) is 34.9 Å². The van der Waals surface area contributed by atoms with Crippen molar-refractivity contribution >= 4 is 17.5 Å². The minimum atomic E-state index is 0.0871. The molecule has 1 saturated carbocycles. The summed E-state index contributed by atoms with van der Waals surface area (Å²) in [6, 6.07) is 7.44. The number of benzene rings is 1. The maximum atomic E-state index is 12.5. The molecule has 1 aliphatic carbocycles. The molecular weight excluding hydrogens is 260 g/mol. The molecule has 2 fully saturated rings. The van der Waals surface area contributed by atoms with E-state index < -0.39 is 0 Å². The monoisotopic (exact) mass is 278 g/mol. The topological polar surface area (TPSA) is 46.3 Å². The lowest BCUT2D eigenvalue weighted by molar-refractivity contribution is 0.0783. The van der Waals surface area contributed by atoms with E-state index in [0.29, 0.717) is 22.4 Å². The third kappa shape index (κ3) is 2.49. The molecule has 0 bridgehead atoms. The molecule has 19 heavy (non-hydrogen) atoms. The predicted octanol–water partition coefficient (Wildman–Crippen LogP) is 2.54. The Kier molecular flexibility index (Phi) is 3.50. The predicted molar refractivity (Wildman–Crippen MR) is 76.2 cm³/mol. The maximum Gasteiger partial charge on any atom is 0.253 e. The maximum absolute atomic E-state index is 12.5. The van der Waals surface area contributed by atoms with Crippen molar-refractivity contribution in [1.29, 1.82) is 0 Å². The molecular formula is C15H19ClN2O. The second-order valence-corrected chi connectivity index (χ2v) is 6.18. The number of hydrogen-bond donors (Lipinski definition) is 1. The fraction of sp³-hybridized carbons (Fsp3) is 0.533. The number of nitrogens with zero attached hydrogens (tertiary/aromatic N) is 1. The van der Waals surface area contributed by atoms with Crippen LogP contribution in [0.15, 0.2) is 24.3 Å². The van der Waals surface area contributed by atoms with Crippen molar-refractivity contribution in [3.63, 3.8) is 0 Å². The largest absolute Gasteiger partial charge is 0.338 e. The third-order valence-electron chi connectivity index (χ3n) is 4.51. The Morgan fingerprint density at radius 3 is 2.89 bits per heavy atom. The summed E-state index contributed by atoms with van der Waals surface area (Å²) in [7, 11) is 0. The zero-order valence-corrected chi connectivity index (χ0v) is 11.6. The molecule has 102 valence electrons. The number of halogens is 1. The first-order valence-electron chi connectivity index (χ1n) is 6.95. The molecule has 1 heterocycles. The summed E-state index contributed by atoms with van der Waals surface area (Å²) in [6.45, 7) is 1.65. The fourth-order valence-electron chi connectivity index (χ4n) is 3.49. The molecule has 1 saturated heterocycles. The minimum absolute atomic E-state index is 0.0871. The van der Waals surface area contributed by atoms with Crippen LogP contribution in [0.2, 0.25) is 5.02 Å². The zero-order valence-electron chi connectivity index (χ0n) is 10.9. The van der Waals surface area contributed by atoms with Crippen LogP contribution in [0.4, 0.5) is 0 Å². The number of amides is 1. The third-order valence-corrected chi connectivity index (χ3v) is 4.75. The standard InChI is InChI=1S/C15H19ClN2O/c16-12-5-1-3-10(7-12)15(19)18-8-11-4-2-6-14(17)13(11)9-18/h1,3,5,7,11,13-14H,2,4,6,8-9,17H2. The van der Waals surface area contributed by atoms with Gasteiger partial charge in [-0.2, -0.15) is 0 Å². The molecule has 0 spiro atoms. The lowest BCUT2D eigenvalue weighted by Crippen LogP contribution is -2.38. The van der Waals surface area contributed by atoms with E-state index in [9.17, 15) is 4.79 Å². The molecule has 0 aromatic heterocycles. The molecule has 3 unspecified atom stereocenters. The molecule has 1 aromatic carbocycles. The van der Waals surface area contributed by atoms with Crippen LogP contribution in [0.25, 0.3) is 0 Å². The van der Waals surface area contributed by atoms with E-state index in [2.05, 4.69) is 0 Å². The van der Waals surface area contributed by atoms with Gasteiger partial charge in [-0.25, -0.2) is 0 Å². The first kappa shape index (κ1) is 12.9. The van der Waals surface area contributed by atoms with Gasteiger partial charge in [-0.1, -0.05) is 24.1 Å². The van der Waals surface area contributed by atoms with E-state index in [4.69, 9.17) is 17.3 Å². The number of rotatable bonds is 1. The Bertz CT molecular complexity index is 491. The van der Waals surface area contributed by atoms with Crippen molar-refractivity contribution in [2.75, 3.05) is 13.1 Å². The molecule has 0 radical (unpaired) electrons. The highest BCUT2D eigenvalue weighted by Crippen LogP contribution is 2.36. The van der Waals surface area contributed by atoms with Crippen LogP contribution in [0.1, 0.15) is 29.6 Å². The van der Waals surface area contributed by atoms with E-state index in [1.54, 1.807) is 12.1 Å². The smallest absolute Gasteiger partial charge is 0.253 e. The number of hydrogen-bond acceptors (Lipinski definition) is 2. The van der Waals surface area contributed by atoms with Crippen molar-refractivity contribution in [1.82, 2.24) is 4.90 Å². The molecule has 2 N–H and O–H groups in total. The van der Waals surface area contributed by atoms with Crippen LogP contribution < -0.4 is 5.73 Å². The van der Waals surface area contributed by atoms with Gasteiger partial charge in [0.15, 0.2) is 0 Å². The van der Waals surface area contributed by atoms with Gasteiger partial charge in [0, 0.05) is 29.7 Å². The van der Waals surface area contributed by atoms with Crippen LogP contribution in [0.5, 0.6) is 0 Å². The fourth-order valence-corrected chi connectivity index (χ4v) is 3.68. The van der Waals surface area contributed by atoms with Gasteiger partial charge >= 0.3 is 0 Å². The van der Waals surface area contributed by atoms with Crippen molar-refractivity contribution in [2.45, 2.75) is 25.3 Å². The van der Waals surface area contributed by atoms with E-state index >= 15 is 0 Å². The summed E-state index contributed by atoms with van der Waals surface area (Å²) in [5.41, 5.74) is 6.87. The van der Waals surface area contributed by atoms with Crippen LogP contribution in [0.3, 0.4) is 0 Å². The van der Waals surface area contributed by atoms with Gasteiger partial charge in [-0.05, 0) is 42.9 Å². The van der Waals surface area contributed by atoms with Crippen LogP contribution in [0, 0.1) is 11.8 Å². The number of carbonyl (C=O) groups is 1. The molecule has 3 atom stereocenters. The van der Waals surface area contributed by atoms with Crippen molar-refractivity contribution < 1.29 is 4.79 Å². The van der Waals surface area contributed by atoms with Gasteiger partial charge in [-0.15, -0.1) is 0 Å². The molecule has 1 aromatic rings. The number of likely N-dealkylation sites (tertiary alicyclic amines) is 1. The van der Waals surface area contributed by atoms with E-state index in [1.165, 1.54) is 12.8 Å². The summed E-state index contributed by atoms with van der Waals surface area (Å²) in [4.78, 5) is 14.4. The highest BCUT2D eigenvalue weighted by atomic mass is 35.5. The highest BCUT2D eigenvalue weighted by Gasteiger charge is 2.40. The van der Waals surface area contributed by atoms with Crippen LogP contribution >= 0.6 is 11.6 Å². The molecule has 1 amide bonds. The van der Waals surface area contributed by atoms with Crippen LogP contribution in [-0.2, 0) is 0 Å².